The highest BCUT2D eigenvalue weighted by molar-refractivity contribution is 6.30. The maximum atomic E-state index is 13.8. The van der Waals surface area contributed by atoms with Crippen molar-refractivity contribution in [3.63, 3.8) is 0 Å². The first-order chi connectivity index (χ1) is 18.4. The van der Waals surface area contributed by atoms with E-state index in [1.54, 1.807) is 48.4 Å². The monoisotopic (exact) mass is 530 g/mol. The van der Waals surface area contributed by atoms with E-state index in [1.165, 1.54) is 12.1 Å². The molecule has 1 N–H and O–H groups in total. The molecule has 0 radical (unpaired) electrons. The quantitative estimate of drug-likeness (QED) is 0.269. The molecule has 4 rings (SSSR count). The average Bonchev–Trinajstić information content (AvgIpc) is 2.94. The number of halogens is 2. The summed E-state index contributed by atoms with van der Waals surface area (Å²) in [5.41, 5.74) is 3.04. The predicted octanol–water partition coefficient (Wildman–Crippen LogP) is 6.12. The first-order valence-electron chi connectivity index (χ1n) is 12.2. The van der Waals surface area contributed by atoms with Crippen LogP contribution in [0, 0.1) is 5.82 Å². The Hall–Kier alpha value is -4.16. The van der Waals surface area contributed by atoms with Gasteiger partial charge in [0.2, 0.25) is 11.8 Å². The lowest BCUT2D eigenvalue weighted by molar-refractivity contribution is -0.141. The Kier molecular flexibility index (Phi) is 9.11. The van der Waals surface area contributed by atoms with Gasteiger partial charge in [-0.15, -0.1) is 0 Å². The maximum Gasteiger partial charge on any atom is 0.247 e. The first kappa shape index (κ1) is 26.9. The lowest BCUT2D eigenvalue weighted by atomic mass is 10.0. The molecule has 0 saturated carbocycles. The number of hydrogen-bond donors (Lipinski definition) is 1. The third-order valence-corrected chi connectivity index (χ3v) is 6.41. The van der Waals surface area contributed by atoms with E-state index in [2.05, 4.69) is 5.32 Å². The van der Waals surface area contributed by atoms with Crippen molar-refractivity contribution in [3.05, 3.63) is 136 Å². The molecule has 0 aromatic heterocycles. The highest BCUT2D eigenvalue weighted by Crippen LogP contribution is 2.26. The number of nitrogens with one attached hydrogen (secondary N) is 1. The van der Waals surface area contributed by atoms with Crippen LogP contribution in [0.5, 0.6) is 5.75 Å². The number of ether oxygens (including phenoxy) is 1. The van der Waals surface area contributed by atoms with Gasteiger partial charge in [0.05, 0.1) is 13.5 Å². The van der Waals surface area contributed by atoms with Crippen molar-refractivity contribution < 1.29 is 18.7 Å². The Labute approximate surface area is 226 Å². The summed E-state index contributed by atoms with van der Waals surface area (Å²) in [6, 6.07) is 28.6. The van der Waals surface area contributed by atoms with Gasteiger partial charge < -0.3 is 15.0 Å². The van der Waals surface area contributed by atoms with E-state index in [4.69, 9.17) is 16.3 Å². The minimum absolute atomic E-state index is 0.0768. The molecule has 4 aromatic carbocycles. The van der Waals surface area contributed by atoms with E-state index in [1.807, 2.05) is 54.6 Å². The van der Waals surface area contributed by atoms with E-state index < -0.39 is 6.04 Å². The summed E-state index contributed by atoms with van der Waals surface area (Å²) in [5.74, 6) is -0.214. The van der Waals surface area contributed by atoms with Gasteiger partial charge in [-0.05, 0) is 58.7 Å². The zero-order chi connectivity index (χ0) is 26.9. The summed E-state index contributed by atoms with van der Waals surface area (Å²) in [6.45, 7) is 0.407. The van der Waals surface area contributed by atoms with Crippen molar-refractivity contribution in [2.75, 3.05) is 7.11 Å². The Morgan fingerprint density at radius 1 is 0.842 bits per heavy atom. The molecule has 0 saturated heterocycles. The normalized spacial score (nSPS) is 11.4. The zero-order valence-corrected chi connectivity index (χ0v) is 21.7. The maximum absolute atomic E-state index is 13.8. The zero-order valence-electron chi connectivity index (χ0n) is 20.9. The fourth-order valence-electron chi connectivity index (χ4n) is 4.13. The van der Waals surface area contributed by atoms with Gasteiger partial charge in [0.25, 0.3) is 0 Å². The highest BCUT2D eigenvalue weighted by Gasteiger charge is 2.31. The smallest absolute Gasteiger partial charge is 0.247 e. The molecule has 0 aliphatic rings. The number of rotatable bonds is 10. The number of methoxy groups -OCH3 is 1. The second-order valence-electron chi connectivity index (χ2n) is 8.83. The number of amides is 2. The molecule has 0 aliphatic heterocycles. The summed E-state index contributed by atoms with van der Waals surface area (Å²) in [4.78, 5) is 29.0. The van der Waals surface area contributed by atoms with Gasteiger partial charge in [0.15, 0.2) is 0 Å². The number of carbonyl (C=O) groups is 2. The summed E-state index contributed by atoms with van der Waals surface area (Å²) in [6.07, 6.45) is 0.0768. The average molecular weight is 531 g/mol. The fourth-order valence-corrected chi connectivity index (χ4v) is 4.25. The van der Waals surface area contributed by atoms with Crippen LogP contribution >= 0.6 is 11.6 Å². The molecule has 0 aliphatic carbocycles. The van der Waals surface area contributed by atoms with E-state index in [0.717, 1.165) is 16.9 Å². The molecule has 5 nitrogen and oxygen atoms in total. The molecule has 0 spiro atoms. The number of benzene rings is 4. The minimum Gasteiger partial charge on any atom is -0.497 e. The minimum atomic E-state index is -0.903. The molecule has 4 aromatic rings. The molecule has 0 fully saturated rings. The number of carbonyl (C=O) groups excluding carboxylic acids is 2. The van der Waals surface area contributed by atoms with Crippen LogP contribution in [0.1, 0.15) is 28.3 Å². The van der Waals surface area contributed by atoms with E-state index in [-0.39, 0.29) is 37.1 Å². The second kappa shape index (κ2) is 12.9. The third-order valence-electron chi connectivity index (χ3n) is 6.16. The molecule has 194 valence electrons. The summed E-state index contributed by atoms with van der Waals surface area (Å²) in [5, 5.41) is 3.56. The van der Waals surface area contributed by atoms with Crippen LogP contribution in [-0.2, 0) is 29.1 Å². The van der Waals surface area contributed by atoms with Crippen molar-refractivity contribution in [3.8, 4) is 5.75 Å². The standard InChI is InChI=1S/C31H28ClFN2O3/c1-38-28-17-11-23(12-18-28)20-34-31(37)30(25-5-3-2-4-6-25)35(21-24-9-15-27(33)16-10-24)29(36)19-22-7-13-26(32)14-8-22/h2-18,30H,19-21H2,1H3,(H,34,37)/t30-/m1/s1. The summed E-state index contributed by atoms with van der Waals surface area (Å²) in [7, 11) is 1.60. The lowest BCUT2D eigenvalue weighted by Crippen LogP contribution is -2.43. The van der Waals surface area contributed by atoms with Crippen LogP contribution in [0.25, 0.3) is 0 Å². The van der Waals surface area contributed by atoms with E-state index in [9.17, 15) is 14.0 Å². The topological polar surface area (TPSA) is 58.6 Å². The van der Waals surface area contributed by atoms with Gasteiger partial charge >= 0.3 is 0 Å². The van der Waals surface area contributed by atoms with Crippen molar-refractivity contribution in [2.24, 2.45) is 0 Å². The van der Waals surface area contributed by atoms with Gasteiger partial charge in [-0.1, -0.05) is 78.3 Å². The van der Waals surface area contributed by atoms with Crippen LogP contribution < -0.4 is 10.1 Å². The molecule has 0 unspecified atom stereocenters. The summed E-state index contributed by atoms with van der Waals surface area (Å²) < 4.78 is 18.8. The van der Waals surface area contributed by atoms with Crippen LogP contribution in [0.3, 0.4) is 0 Å². The Morgan fingerprint density at radius 3 is 2.08 bits per heavy atom. The second-order valence-corrected chi connectivity index (χ2v) is 9.27. The Bertz CT molecular complexity index is 1350. The van der Waals surface area contributed by atoms with Crippen molar-refractivity contribution in [1.29, 1.82) is 0 Å². The molecule has 1 atom stereocenters. The van der Waals surface area contributed by atoms with Gasteiger partial charge in [0.1, 0.15) is 17.6 Å². The third kappa shape index (κ3) is 7.20. The molecule has 2 amide bonds. The molecular weight excluding hydrogens is 503 g/mol. The SMILES string of the molecule is COc1ccc(CNC(=O)[C@@H](c2ccccc2)N(Cc2ccc(F)cc2)C(=O)Cc2ccc(Cl)cc2)cc1. The predicted molar refractivity (Wildman–Crippen MR) is 146 cm³/mol. The highest BCUT2D eigenvalue weighted by atomic mass is 35.5. The van der Waals surface area contributed by atoms with Gasteiger partial charge in [0, 0.05) is 18.1 Å². The molecule has 38 heavy (non-hydrogen) atoms. The fraction of sp³-hybridized carbons (Fsp3) is 0.161. The Balaban J connectivity index is 1.65. The van der Waals surface area contributed by atoms with Crippen LogP contribution in [0.2, 0.25) is 5.02 Å². The summed E-state index contributed by atoms with van der Waals surface area (Å²) >= 11 is 6.02. The largest absolute Gasteiger partial charge is 0.497 e. The Morgan fingerprint density at radius 2 is 1.45 bits per heavy atom. The van der Waals surface area contributed by atoms with E-state index >= 15 is 0 Å². The van der Waals surface area contributed by atoms with Crippen LogP contribution in [-0.4, -0.2) is 23.8 Å². The van der Waals surface area contributed by atoms with Crippen molar-refractivity contribution in [2.45, 2.75) is 25.6 Å². The van der Waals surface area contributed by atoms with E-state index in [0.29, 0.717) is 16.1 Å². The molecule has 7 heteroatoms. The van der Waals surface area contributed by atoms with Crippen molar-refractivity contribution in [1.82, 2.24) is 10.2 Å². The molecular formula is C31H28ClFN2O3. The molecule has 0 bridgehead atoms. The van der Waals surface area contributed by atoms with Crippen molar-refractivity contribution >= 4 is 23.4 Å². The van der Waals surface area contributed by atoms with Gasteiger partial charge in [-0.3, -0.25) is 9.59 Å². The number of hydrogen-bond acceptors (Lipinski definition) is 3. The van der Waals surface area contributed by atoms with Crippen LogP contribution in [0.15, 0.2) is 103 Å². The van der Waals surface area contributed by atoms with Gasteiger partial charge in [-0.25, -0.2) is 4.39 Å². The van der Waals surface area contributed by atoms with Gasteiger partial charge in [-0.2, -0.15) is 0 Å². The molecule has 0 heterocycles. The first-order valence-corrected chi connectivity index (χ1v) is 12.5. The lowest BCUT2D eigenvalue weighted by Gasteiger charge is -2.32. The van der Waals surface area contributed by atoms with Crippen LogP contribution in [0.4, 0.5) is 4.39 Å². The number of nitrogens with zero attached hydrogens (tertiary/aromatic N) is 1.